The third-order valence-electron chi connectivity index (χ3n) is 5.81. The summed E-state index contributed by atoms with van der Waals surface area (Å²) in [6.07, 6.45) is 5.61. The molecule has 0 saturated carbocycles. The highest BCUT2D eigenvalue weighted by Gasteiger charge is 2.22. The number of hydrogen-bond acceptors (Lipinski definition) is 4. The van der Waals surface area contributed by atoms with Gasteiger partial charge < -0.3 is 20.1 Å². The number of carbonyl (C=O) groups is 2. The lowest BCUT2D eigenvalue weighted by molar-refractivity contribution is -0.121. The SMILES string of the molecule is CCCC(NC(=O)Cc1ccc(C(=O)O)cc1OC)c1ccccc1N1CCCCC1. The number of piperidine rings is 1. The van der Waals surface area contributed by atoms with Crippen LogP contribution in [0, 0.1) is 0 Å². The van der Waals surface area contributed by atoms with Crippen molar-refractivity contribution in [3.63, 3.8) is 0 Å². The fourth-order valence-corrected chi connectivity index (χ4v) is 4.24. The number of amides is 1. The minimum absolute atomic E-state index is 0.0695. The molecule has 166 valence electrons. The Hall–Kier alpha value is -3.02. The summed E-state index contributed by atoms with van der Waals surface area (Å²) in [4.78, 5) is 26.6. The summed E-state index contributed by atoms with van der Waals surface area (Å²) in [5, 5.41) is 12.4. The van der Waals surface area contributed by atoms with Crippen molar-refractivity contribution >= 4 is 17.6 Å². The smallest absolute Gasteiger partial charge is 0.335 e. The number of carboxylic acid groups (broad SMARTS) is 1. The van der Waals surface area contributed by atoms with Gasteiger partial charge in [-0.2, -0.15) is 0 Å². The minimum atomic E-state index is -1.02. The van der Waals surface area contributed by atoms with Crippen molar-refractivity contribution in [2.45, 2.75) is 51.5 Å². The van der Waals surface area contributed by atoms with Crippen LogP contribution in [0.3, 0.4) is 0 Å². The van der Waals surface area contributed by atoms with Crippen LogP contribution in [-0.4, -0.2) is 37.2 Å². The molecule has 6 heteroatoms. The van der Waals surface area contributed by atoms with E-state index >= 15 is 0 Å². The van der Waals surface area contributed by atoms with E-state index in [1.807, 2.05) is 6.07 Å². The molecule has 31 heavy (non-hydrogen) atoms. The number of methoxy groups -OCH3 is 1. The molecule has 0 spiro atoms. The van der Waals surface area contributed by atoms with Gasteiger partial charge in [0.05, 0.1) is 25.1 Å². The van der Waals surface area contributed by atoms with Gasteiger partial charge in [-0.3, -0.25) is 4.79 Å². The average Bonchev–Trinajstić information content (AvgIpc) is 2.79. The first-order chi connectivity index (χ1) is 15.0. The number of carbonyl (C=O) groups excluding carboxylic acids is 1. The molecule has 1 saturated heterocycles. The first-order valence-electron chi connectivity index (χ1n) is 11.1. The summed E-state index contributed by atoms with van der Waals surface area (Å²) in [6.45, 7) is 4.23. The molecule has 1 atom stereocenters. The maximum absolute atomic E-state index is 12.9. The lowest BCUT2D eigenvalue weighted by Gasteiger charge is -2.33. The van der Waals surface area contributed by atoms with Gasteiger partial charge in [0.1, 0.15) is 5.75 Å². The number of carboxylic acids is 1. The number of para-hydroxylation sites is 1. The van der Waals surface area contributed by atoms with Gasteiger partial charge in [0.25, 0.3) is 0 Å². The van der Waals surface area contributed by atoms with Crippen LogP contribution in [-0.2, 0) is 11.2 Å². The van der Waals surface area contributed by atoms with Gasteiger partial charge in [-0.05, 0) is 49.4 Å². The number of hydrogen-bond donors (Lipinski definition) is 2. The number of rotatable bonds is 9. The van der Waals surface area contributed by atoms with Gasteiger partial charge in [0.2, 0.25) is 5.91 Å². The predicted octanol–water partition coefficient (Wildman–Crippen LogP) is 4.58. The van der Waals surface area contributed by atoms with Crippen molar-refractivity contribution in [2.24, 2.45) is 0 Å². The largest absolute Gasteiger partial charge is 0.496 e. The van der Waals surface area contributed by atoms with Crippen molar-refractivity contribution in [3.8, 4) is 5.75 Å². The van der Waals surface area contributed by atoms with Crippen LogP contribution in [0.5, 0.6) is 5.75 Å². The second-order valence-corrected chi connectivity index (χ2v) is 8.02. The van der Waals surface area contributed by atoms with Crippen molar-refractivity contribution < 1.29 is 19.4 Å². The Labute approximate surface area is 184 Å². The molecule has 1 unspecified atom stereocenters. The predicted molar refractivity (Wildman–Crippen MR) is 122 cm³/mol. The van der Waals surface area contributed by atoms with Crippen LogP contribution in [0.2, 0.25) is 0 Å². The first-order valence-corrected chi connectivity index (χ1v) is 11.1. The van der Waals surface area contributed by atoms with Crippen LogP contribution in [0.15, 0.2) is 42.5 Å². The summed E-state index contributed by atoms with van der Waals surface area (Å²) in [7, 11) is 1.48. The summed E-state index contributed by atoms with van der Waals surface area (Å²) in [5.74, 6) is -0.712. The molecule has 3 rings (SSSR count). The lowest BCUT2D eigenvalue weighted by atomic mass is 9.97. The van der Waals surface area contributed by atoms with E-state index in [0.29, 0.717) is 11.3 Å². The van der Waals surface area contributed by atoms with Crippen LogP contribution in [0.25, 0.3) is 0 Å². The van der Waals surface area contributed by atoms with Gasteiger partial charge in [-0.15, -0.1) is 0 Å². The van der Waals surface area contributed by atoms with Gasteiger partial charge in [-0.25, -0.2) is 4.79 Å². The number of anilines is 1. The Morgan fingerprint density at radius 3 is 2.55 bits per heavy atom. The highest BCUT2D eigenvalue weighted by molar-refractivity contribution is 5.88. The highest BCUT2D eigenvalue weighted by atomic mass is 16.5. The van der Waals surface area contributed by atoms with Crippen molar-refractivity contribution in [1.29, 1.82) is 0 Å². The van der Waals surface area contributed by atoms with Crippen LogP contribution in [0.4, 0.5) is 5.69 Å². The average molecular weight is 425 g/mol. The molecule has 0 aliphatic carbocycles. The van der Waals surface area contributed by atoms with Gasteiger partial charge in [-0.1, -0.05) is 37.6 Å². The zero-order valence-electron chi connectivity index (χ0n) is 18.4. The van der Waals surface area contributed by atoms with E-state index in [1.165, 1.54) is 44.2 Å². The summed E-state index contributed by atoms with van der Waals surface area (Å²) in [6, 6.07) is 12.9. The fraction of sp³-hybridized carbons (Fsp3) is 0.440. The molecule has 1 heterocycles. The molecule has 2 N–H and O–H groups in total. The number of nitrogens with zero attached hydrogens (tertiary/aromatic N) is 1. The molecular weight excluding hydrogens is 392 g/mol. The normalized spacial score (nSPS) is 14.7. The number of nitrogens with one attached hydrogen (secondary N) is 1. The molecule has 1 fully saturated rings. The van der Waals surface area contributed by atoms with E-state index in [-0.39, 0.29) is 23.9 Å². The molecule has 2 aromatic carbocycles. The summed E-state index contributed by atoms with van der Waals surface area (Å²) >= 11 is 0. The van der Waals surface area contributed by atoms with E-state index in [9.17, 15) is 14.7 Å². The molecule has 0 radical (unpaired) electrons. The maximum atomic E-state index is 12.9. The molecule has 2 aromatic rings. The van der Waals surface area contributed by atoms with Gasteiger partial charge in [0.15, 0.2) is 0 Å². The monoisotopic (exact) mass is 424 g/mol. The molecule has 6 nitrogen and oxygen atoms in total. The zero-order valence-corrected chi connectivity index (χ0v) is 18.4. The Morgan fingerprint density at radius 1 is 1.13 bits per heavy atom. The third kappa shape index (κ3) is 5.78. The second kappa shape index (κ2) is 10.8. The van der Waals surface area contributed by atoms with Crippen LogP contribution >= 0.6 is 0 Å². The Balaban J connectivity index is 1.78. The van der Waals surface area contributed by atoms with E-state index < -0.39 is 5.97 Å². The number of ether oxygens (including phenoxy) is 1. The van der Waals surface area contributed by atoms with Crippen molar-refractivity contribution in [1.82, 2.24) is 5.32 Å². The molecule has 1 aliphatic rings. The molecular formula is C25H32N2O4. The van der Waals surface area contributed by atoms with E-state index in [4.69, 9.17) is 4.74 Å². The van der Waals surface area contributed by atoms with E-state index in [1.54, 1.807) is 6.07 Å². The topological polar surface area (TPSA) is 78.9 Å². The minimum Gasteiger partial charge on any atom is -0.496 e. The summed E-state index contributed by atoms with van der Waals surface area (Å²) in [5.41, 5.74) is 3.18. The van der Waals surface area contributed by atoms with Crippen LogP contribution < -0.4 is 15.0 Å². The fourth-order valence-electron chi connectivity index (χ4n) is 4.24. The molecule has 0 bridgehead atoms. The highest BCUT2D eigenvalue weighted by Crippen LogP contribution is 2.31. The zero-order chi connectivity index (χ0) is 22.2. The number of aromatic carboxylic acids is 1. The second-order valence-electron chi connectivity index (χ2n) is 8.02. The Morgan fingerprint density at radius 2 is 1.87 bits per heavy atom. The first kappa shape index (κ1) is 22.7. The van der Waals surface area contributed by atoms with Crippen LogP contribution in [0.1, 0.15) is 66.6 Å². The molecule has 0 aromatic heterocycles. The standard InChI is InChI=1S/C25H32N2O4/c1-3-9-21(20-10-5-6-11-22(20)27-14-7-4-8-15-27)26-24(28)17-18-12-13-19(25(29)30)16-23(18)31-2/h5-6,10-13,16,21H,3-4,7-9,14-15,17H2,1-2H3,(H,26,28)(H,29,30). The maximum Gasteiger partial charge on any atom is 0.335 e. The molecule has 1 aliphatic heterocycles. The van der Waals surface area contributed by atoms with E-state index in [0.717, 1.165) is 31.5 Å². The Kier molecular flexibility index (Phi) is 7.93. The van der Waals surface area contributed by atoms with Gasteiger partial charge in [0, 0.05) is 24.3 Å². The lowest BCUT2D eigenvalue weighted by Crippen LogP contribution is -2.34. The Bertz CT molecular complexity index is 906. The van der Waals surface area contributed by atoms with Crippen molar-refractivity contribution in [3.05, 3.63) is 59.2 Å². The third-order valence-corrected chi connectivity index (χ3v) is 5.81. The quantitative estimate of drug-likeness (QED) is 0.616. The molecule has 1 amide bonds. The van der Waals surface area contributed by atoms with Crippen molar-refractivity contribution in [2.75, 3.05) is 25.1 Å². The summed E-state index contributed by atoms with van der Waals surface area (Å²) < 4.78 is 5.32. The number of benzene rings is 2. The van der Waals surface area contributed by atoms with E-state index in [2.05, 4.69) is 35.3 Å². The van der Waals surface area contributed by atoms with Gasteiger partial charge >= 0.3 is 5.97 Å².